The molecule has 2 rings (SSSR count). The molecule has 1 aromatic heterocycles. The Kier molecular flexibility index (Phi) is 3.07. The van der Waals surface area contributed by atoms with E-state index in [0.717, 1.165) is 18.9 Å². The number of nitrogens with zero attached hydrogens (tertiary/aromatic N) is 3. The largest absolute Gasteiger partial charge is 0.372 e. The van der Waals surface area contributed by atoms with Gasteiger partial charge in [-0.15, -0.1) is 0 Å². The summed E-state index contributed by atoms with van der Waals surface area (Å²) >= 11 is 0. The minimum absolute atomic E-state index is 0.205. The Labute approximate surface area is 95.5 Å². The quantitative estimate of drug-likeness (QED) is 0.716. The molecule has 0 aliphatic carbocycles. The van der Waals surface area contributed by atoms with Gasteiger partial charge < -0.3 is 9.64 Å². The first-order valence-corrected chi connectivity index (χ1v) is 5.45. The summed E-state index contributed by atoms with van der Waals surface area (Å²) in [5.41, 5.74) is 0.650. The van der Waals surface area contributed by atoms with E-state index in [-0.39, 0.29) is 12.2 Å². The van der Waals surface area contributed by atoms with Crippen molar-refractivity contribution in [3.8, 4) is 6.07 Å². The first kappa shape index (κ1) is 10.9. The molecule has 84 valence electrons. The van der Waals surface area contributed by atoms with Crippen molar-refractivity contribution in [3.63, 3.8) is 0 Å². The second kappa shape index (κ2) is 4.50. The molecule has 2 heterocycles. The van der Waals surface area contributed by atoms with E-state index < -0.39 is 0 Å². The predicted octanol–water partition coefficient (Wildman–Crippen LogP) is 1.57. The van der Waals surface area contributed by atoms with Crippen molar-refractivity contribution in [1.82, 2.24) is 4.98 Å². The SMILES string of the molecule is C[C@H]1CN(c2cc(C#N)ccn2)C[C@H](C)O1. The number of aromatic nitrogens is 1. The van der Waals surface area contributed by atoms with Crippen LogP contribution in [0.25, 0.3) is 0 Å². The summed E-state index contributed by atoms with van der Waals surface area (Å²) < 4.78 is 5.66. The van der Waals surface area contributed by atoms with E-state index in [2.05, 4.69) is 29.8 Å². The van der Waals surface area contributed by atoms with Gasteiger partial charge >= 0.3 is 0 Å². The van der Waals surface area contributed by atoms with Crippen LogP contribution in [0, 0.1) is 11.3 Å². The molecule has 0 spiro atoms. The third-order valence-electron chi connectivity index (χ3n) is 2.62. The van der Waals surface area contributed by atoms with E-state index in [1.165, 1.54) is 0 Å². The minimum Gasteiger partial charge on any atom is -0.372 e. The number of hydrogen-bond donors (Lipinski definition) is 0. The molecule has 0 unspecified atom stereocenters. The van der Waals surface area contributed by atoms with Gasteiger partial charge in [0.15, 0.2) is 0 Å². The van der Waals surface area contributed by atoms with Crippen LogP contribution in [0.4, 0.5) is 5.82 Å². The Morgan fingerprint density at radius 3 is 2.75 bits per heavy atom. The molecule has 0 N–H and O–H groups in total. The fraction of sp³-hybridized carbons (Fsp3) is 0.500. The maximum Gasteiger partial charge on any atom is 0.129 e. The van der Waals surface area contributed by atoms with Crippen LogP contribution >= 0.6 is 0 Å². The van der Waals surface area contributed by atoms with Crippen LogP contribution in [-0.4, -0.2) is 30.3 Å². The van der Waals surface area contributed by atoms with E-state index in [4.69, 9.17) is 10.00 Å². The molecular weight excluding hydrogens is 202 g/mol. The first-order valence-electron chi connectivity index (χ1n) is 5.45. The fourth-order valence-electron chi connectivity index (χ4n) is 2.03. The highest BCUT2D eigenvalue weighted by Gasteiger charge is 2.23. The van der Waals surface area contributed by atoms with Gasteiger partial charge in [0.1, 0.15) is 5.82 Å². The summed E-state index contributed by atoms with van der Waals surface area (Å²) in [5, 5.41) is 8.84. The van der Waals surface area contributed by atoms with Crippen molar-refractivity contribution in [2.75, 3.05) is 18.0 Å². The lowest BCUT2D eigenvalue weighted by Gasteiger charge is -2.36. The predicted molar refractivity (Wildman–Crippen MR) is 61.2 cm³/mol. The Morgan fingerprint density at radius 2 is 2.12 bits per heavy atom. The van der Waals surface area contributed by atoms with Crippen LogP contribution in [-0.2, 0) is 4.74 Å². The normalized spacial score (nSPS) is 25.2. The molecule has 16 heavy (non-hydrogen) atoms. The number of pyridine rings is 1. The molecule has 1 saturated heterocycles. The van der Waals surface area contributed by atoms with Crippen LogP contribution < -0.4 is 4.90 Å². The Hall–Kier alpha value is -1.60. The molecule has 1 aliphatic rings. The fourth-order valence-corrected chi connectivity index (χ4v) is 2.03. The van der Waals surface area contributed by atoms with Crippen LogP contribution in [0.5, 0.6) is 0 Å². The molecule has 4 heteroatoms. The summed E-state index contributed by atoms with van der Waals surface area (Å²) in [6, 6.07) is 5.67. The van der Waals surface area contributed by atoms with Gasteiger partial charge in [-0.1, -0.05) is 0 Å². The topological polar surface area (TPSA) is 49.2 Å². The number of ether oxygens (including phenoxy) is 1. The molecule has 0 aromatic carbocycles. The van der Waals surface area contributed by atoms with Gasteiger partial charge in [0.05, 0.1) is 23.8 Å². The van der Waals surface area contributed by atoms with E-state index in [0.29, 0.717) is 5.56 Å². The van der Waals surface area contributed by atoms with Gasteiger partial charge in [-0.2, -0.15) is 5.26 Å². The molecule has 4 nitrogen and oxygen atoms in total. The van der Waals surface area contributed by atoms with Crippen LogP contribution in [0.15, 0.2) is 18.3 Å². The van der Waals surface area contributed by atoms with Gasteiger partial charge in [-0.3, -0.25) is 0 Å². The van der Waals surface area contributed by atoms with Gasteiger partial charge in [0, 0.05) is 19.3 Å². The molecule has 1 aliphatic heterocycles. The average molecular weight is 217 g/mol. The lowest BCUT2D eigenvalue weighted by Crippen LogP contribution is -2.45. The lowest BCUT2D eigenvalue weighted by atomic mass is 10.2. The highest BCUT2D eigenvalue weighted by atomic mass is 16.5. The lowest BCUT2D eigenvalue weighted by molar-refractivity contribution is -0.00545. The summed E-state index contributed by atoms with van der Waals surface area (Å²) in [5.74, 6) is 0.862. The zero-order chi connectivity index (χ0) is 11.5. The van der Waals surface area contributed by atoms with E-state index >= 15 is 0 Å². The van der Waals surface area contributed by atoms with E-state index in [1.807, 2.05) is 6.07 Å². The van der Waals surface area contributed by atoms with Crippen molar-refractivity contribution in [1.29, 1.82) is 5.26 Å². The minimum atomic E-state index is 0.205. The maximum atomic E-state index is 8.84. The first-order chi connectivity index (χ1) is 7.69. The summed E-state index contributed by atoms with van der Waals surface area (Å²) in [4.78, 5) is 6.47. The van der Waals surface area contributed by atoms with Gasteiger partial charge in [0.2, 0.25) is 0 Å². The van der Waals surface area contributed by atoms with Crippen molar-refractivity contribution in [2.24, 2.45) is 0 Å². The number of anilines is 1. The Balaban J connectivity index is 2.20. The highest BCUT2D eigenvalue weighted by Crippen LogP contribution is 2.18. The Bertz CT molecular complexity index is 403. The highest BCUT2D eigenvalue weighted by molar-refractivity contribution is 5.45. The van der Waals surface area contributed by atoms with Crippen molar-refractivity contribution in [3.05, 3.63) is 23.9 Å². The molecule has 0 amide bonds. The standard InChI is InChI=1S/C12H15N3O/c1-9-7-15(8-10(2)16-9)12-5-11(6-13)3-4-14-12/h3-5,9-10H,7-8H2,1-2H3/t9-,10-/m0/s1. The van der Waals surface area contributed by atoms with Gasteiger partial charge in [-0.05, 0) is 26.0 Å². The summed E-state index contributed by atoms with van der Waals surface area (Å²) in [6.45, 7) is 5.76. The monoisotopic (exact) mass is 217 g/mol. The molecule has 1 fully saturated rings. The maximum absolute atomic E-state index is 8.84. The van der Waals surface area contributed by atoms with Gasteiger partial charge in [0.25, 0.3) is 0 Å². The summed E-state index contributed by atoms with van der Waals surface area (Å²) in [7, 11) is 0. The van der Waals surface area contributed by atoms with Crippen molar-refractivity contribution < 1.29 is 4.74 Å². The average Bonchev–Trinajstić information content (AvgIpc) is 2.28. The van der Waals surface area contributed by atoms with E-state index in [9.17, 15) is 0 Å². The molecule has 0 radical (unpaired) electrons. The summed E-state index contributed by atoms with van der Waals surface area (Å²) in [6.07, 6.45) is 2.09. The third-order valence-corrected chi connectivity index (χ3v) is 2.62. The number of hydrogen-bond acceptors (Lipinski definition) is 4. The van der Waals surface area contributed by atoms with Crippen molar-refractivity contribution in [2.45, 2.75) is 26.1 Å². The van der Waals surface area contributed by atoms with Crippen LogP contribution in [0.2, 0.25) is 0 Å². The third kappa shape index (κ3) is 2.31. The second-order valence-corrected chi connectivity index (χ2v) is 4.18. The second-order valence-electron chi connectivity index (χ2n) is 4.18. The number of morpholine rings is 1. The molecule has 0 saturated carbocycles. The molecule has 0 bridgehead atoms. The number of nitriles is 1. The van der Waals surface area contributed by atoms with Crippen LogP contribution in [0.3, 0.4) is 0 Å². The smallest absolute Gasteiger partial charge is 0.129 e. The van der Waals surface area contributed by atoms with Crippen LogP contribution in [0.1, 0.15) is 19.4 Å². The van der Waals surface area contributed by atoms with Gasteiger partial charge in [-0.25, -0.2) is 4.98 Å². The number of rotatable bonds is 1. The molecular formula is C12H15N3O. The Morgan fingerprint density at radius 1 is 1.44 bits per heavy atom. The van der Waals surface area contributed by atoms with Crippen molar-refractivity contribution >= 4 is 5.82 Å². The zero-order valence-electron chi connectivity index (χ0n) is 9.55. The molecule has 1 aromatic rings. The zero-order valence-corrected chi connectivity index (χ0v) is 9.55. The van der Waals surface area contributed by atoms with E-state index in [1.54, 1.807) is 12.3 Å². The molecule has 2 atom stereocenters.